The molecule has 0 radical (unpaired) electrons. The van der Waals surface area contributed by atoms with E-state index >= 15 is 0 Å². The van der Waals surface area contributed by atoms with Crippen molar-refractivity contribution in [3.8, 4) is 11.5 Å². The van der Waals surface area contributed by atoms with Crippen molar-refractivity contribution in [1.82, 2.24) is 10.2 Å². The SMILES string of the molecule is CC(CC(C)(C)O)C[C@@](C)(C(=O)O)[C@H]1CN(C2=Nc3cc(Cl)ccc3Oc3ccccc32)CCN1. The van der Waals surface area contributed by atoms with Crippen LogP contribution in [0.15, 0.2) is 47.5 Å². The van der Waals surface area contributed by atoms with Crippen LogP contribution in [0, 0.1) is 11.3 Å². The fraction of sp³-hybridized carbons (Fsp3) is 0.481. The first-order valence-electron chi connectivity index (χ1n) is 12.1. The number of rotatable bonds is 6. The first-order chi connectivity index (χ1) is 16.5. The van der Waals surface area contributed by atoms with E-state index in [1.807, 2.05) is 37.3 Å². The molecule has 1 saturated heterocycles. The molecule has 1 unspecified atom stereocenters. The number of hydrogen-bond acceptors (Lipinski definition) is 6. The van der Waals surface area contributed by atoms with Crippen LogP contribution in [0.2, 0.25) is 5.02 Å². The zero-order chi connectivity index (χ0) is 25.4. The van der Waals surface area contributed by atoms with Gasteiger partial charge in [0.15, 0.2) is 5.75 Å². The summed E-state index contributed by atoms with van der Waals surface area (Å²) in [5, 5.41) is 24.6. The molecule has 3 atom stereocenters. The summed E-state index contributed by atoms with van der Waals surface area (Å²) in [7, 11) is 0. The highest BCUT2D eigenvalue weighted by Gasteiger charge is 2.45. The van der Waals surface area contributed by atoms with E-state index in [-0.39, 0.29) is 12.0 Å². The lowest BCUT2D eigenvalue weighted by Gasteiger charge is -2.44. The number of nitrogens with one attached hydrogen (secondary N) is 1. The molecule has 188 valence electrons. The Balaban J connectivity index is 1.67. The summed E-state index contributed by atoms with van der Waals surface area (Å²) in [6, 6.07) is 12.8. The molecule has 8 heteroatoms. The lowest BCUT2D eigenvalue weighted by molar-refractivity contribution is -0.152. The van der Waals surface area contributed by atoms with Crippen molar-refractivity contribution in [1.29, 1.82) is 0 Å². The number of benzene rings is 2. The number of ether oxygens (including phenoxy) is 1. The number of carbonyl (C=O) groups is 1. The molecule has 2 aliphatic heterocycles. The number of carboxylic acid groups (broad SMARTS) is 1. The lowest BCUT2D eigenvalue weighted by atomic mass is 9.72. The van der Waals surface area contributed by atoms with Crippen molar-refractivity contribution in [2.75, 3.05) is 19.6 Å². The number of hydrogen-bond donors (Lipinski definition) is 3. The highest BCUT2D eigenvalue weighted by Crippen LogP contribution is 2.40. The summed E-state index contributed by atoms with van der Waals surface area (Å²) in [6.07, 6.45) is 0.976. The van der Waals surface area contributed by atoms with Crippen LogP contribution in [0.4, 0.5) is 5.69 Å². The second kappa shape index (κ2) is 9.80. The number of aliphatic carboxylic acids is 1. The molecule has 0 aromatic heterocycles. The van der Waals surface area contributed by atoms with Crippen LogP contribution in [-0.2, 0) is 4.79 Å². The molecule has 2 heterocycles. The fourth-order valence-electron chi connectivity index (χ4n) is 5.33. The first-order valence-corrected chi connectivity index (χ1v) is 12.4. The molecular formula is C27H34ClN3O4. The second-order valence-corrected chi connectivity index (χ2v) is 11.1. The van der Waals surface area contributed by atoms with E-state index in [0.717, 1.165) is 11.4 Å². The number of amidine groups is 1. The van der Waals surface area contributed by atoms with E-state index in [4.69, 9.17) is 21.3 Å². The molecular weight excluding hydrogens is 466 g/mol. The predicted octanol–water partition coefficient (Wildman–Crippen LogP) is 5.08. The van der Waals surface area contributed by atoms with Gasteiger partial charge in [-0.2, -0.15) is 0 Å². The number of piperazine rings is 1. The third-order valence-corrected chi connectivity index (χ3v) is 7.08. The summed E-state index contributed by atoms with van der Waals surface area (Å²) in [5.41, 5.74) is -0.379. The highest BCUT2D eigenvalue weighted by molar-refractivity contribution is 6.31. The van der Waals surface area contributed by atoms with Crippen molar-refractivity contribution in [3.63, 3.8) is 0 Å². The molecule has 35 heavy (non-hydrogen) atoms. The van der Waals surface area contributed by atoms with Gasteiger partial charge < -0.3 is 25.2 Å². The van der Waals surface area contributed by atoms with Crippen LogP contribution in [0.1, 0.15) is 46.1 Å². The number of halogens is 1. The monoisotopic (exact) mass is 499 g/mol. The number of aliphatic imine (C=N–C) groups is 1. The van der Waals surface area contributed by atoms with Crippen LogP contribution in [0.5, 0.6) is 11.5 Å². The summed E-state index contributed by atoms with van der Waals surface area (Å²) < 4.78 is 6.18. The van der Waals surface area contributed by atoms with Gasteiger partial charge in [-0.05, 0) is 69.9 Å². The third-order valence-electron chi connectivity index (χ3n) is 6.85. The van der Waals surface area contributed by atoms with Crippen LogP contribution < -0.4 is 10.1 Å². The Bertz CT molecular complexity index is 1130. The Morgan fingerprint density at radius 1 is 1.23 bits per heavy atom. The molecule has 4 rings (SSSR count). The van der Waals surface area contributed by atoms with Crippen LogP contribution >= 0.6 is 11.6 Å². The van der Waals surface area contributed by atoms with Crippen LogP contribution in [-0.4, -0.2) is 58.2 Å². The molecule has 0 bridgehead atoms. The molecule has 0 aliphatic carbocycles. The van der Waals surface area contributed by atoms with E-state index in [1.54, 1.807) is 32.9 Å². The molecule has 2 aliphatic rings. The molecule has 3 N–H and O–H groups in total. The molecule has 2 aromatic rings. The van der Waals surface area contributed by atoms with Crippen LogP contribution in [0.3, 0.4) is 0 Å². The van der Waals surface area contributed by atoms with E-state index in [2.05, 4.69) is 10.2 Å². The molecule has 0 saturated carbocycles. The minimum absolute atomic E-state index is 0.0339. The second-order valence-electron chi connectivity index (χ2n) is 10.6. The first kappa shape index (κ1) is 25.5. The topological polar surface area (TPSA) is 94.4 Å². The van der Waals surface area contributed by atoms with Crippen molar-refractivity contribution >= 4 is 29.1 Å². The van der Waals surface area contributed by atoms with Gasteiger partial charge >= 0.3 is 5.97 Å². The minimum atomic E-state index is -1.02. The zero-order valence-corrected chi connectivity index (χ0v) is 21.5. The van der Waals surface area contributed by atoms with Crippen molar-refractivity contribution < 1.29 is 19.7 Å². The predicted molar refractivity (Wildman–Crippen MR) is 138 cm³/mol. The molecule has 0 amide bonds. The maximum atomic E-state index is 12.6. The highest BCUT2D eigenvalue weighted by atomic mass is 35.5. The minimum Gasteiger partial charge on any atom is -0.481 e. The van der Waals surface area contributed by atoms with Crippen molar-refractivity contribution in [2.24, 2.45) is 16.3 Å². The number of aliphatic hydroxyl groups is 1. The number of fused-ring (bicyclic) bond motifs is 2. The van der Waals surface area contributed by atoms with Crippen molar-refractivity contribution in [2.45, 2.75) is 52.2 Å². The Morgan fingerprint density at radius 3 is 2.69 bits per heavy atom. The van der Waals surface area contributed by atoms with E-state index in [0.29, 0.717) is 54.7 Å². The van der Waals surface area contributed by atoms with Gasteiger partial charge in [-0.1, -0.05) is 30.7 Å². The molecule has 0 spiro atoms. The lowest BCUT2D eigenvalue weighted by Crippen LogP contribution is -2.61. The van der Waals surface area contributed by atoms with Gasteiger partial charge in [0, 0.05) is 30.7 Å². The quantitative estimate of drug-likeness (QED) is 0.513. The van der Waals surface area contributed by atoms with E-state index < -0.39 is 17.0 Å². The largest absolute Gasteiger partial charge is 0.481 e. The maximum absolute atomic E-state index is 12.6. The normalized spacial score (nSPS) is 20.5. The zero-order valence-electron chi connectivity index (χ0n) is 20.7. The number of nitrogens with zero attached hydrogens (tertiary/aromatic N) is 2. The Hall–Kier alpha value is -2.61. The van der Waals surface area contributed by atoms with Gasteiger partial charge in [-0.25, -0.2) is 4.99 Å². The summed E-state index contributed by atoms with van der Waals surface area (Å²) in [6.45, 7) is 9.10. The maximum Gasteiger partial charge on any atom is 0.311 e. The average Bonchev–Trinajstić information content (AvgIpc) is 2.94. The van der Waals surface area contributed by atoms with Gasteiger partial charge in [-0.15, -0.1) is 0 Å². The Labute approximate surface area is 211 Å². The third kappa shape index (κ3) is 5.63. The molecule has 1 fully saturated rings. The van der Waals surface area contributed by atoms with Crippen molar-refractivity contribution in [3.05, 3.63) is 53.1 Å². The number of carboxylic acids is 1. The Morgan fingerprint density at radius 2 is 1.97 bits per heavy atom. The van der Waals surface area contributed by atoms with Gasteiger partial charge in [0.25, 0.3) is 0 Å². The van der Waals surface area contributed by atoms with Gasteiger partial charge in [0.05, 0.1) is 16.6 Å². The fourth-order valence-corrected chi connectivity index (χ4v) is 5.50. The average molecular weight is 500 g/mol. The van der Waals surface area contributed by atoms with Gasteiger partial charge in [-0.3, -0.25) is 4.79 Å². The van der Waals surface area contributed by atoms with Gasteiger partial charge in [0.2, 0.25) is 0 Å². The number of para-hydroxylation sites is 1. The van der Waals surface area contributed by atoms with Gasteiger partial charge in [0.1, 0.15) is 17.3 Å². The summed E-state index contributed by atoms with van der Waals surface area (Å²) >= 11 is 6.26. The summed E-state index contributed by atoms with van der Waals surface area (Å²) in [5.74, 6) is 1.25. The smallest absolute Gasteiger partial charge is 0.311 e. The van der Waals surface area contributed by atoms with E-state index in [9.17, 15) is 15.0 Å². The standard InChI is InChI=1S/C27H34ClN3O4/c1-17(14-26(2,3)34)15-27(4,25(32)33)23-16-31(12-11-29-23)24-19-7-5-6-8-21(19)35-22-10-9-18(28)13-20(22)30-24/h5-10,13,17,23,29,34H,11-12,14-16H2,1-4H3,(H,32,33)/t17?,23-,27-/m1/s1. The Kier molecular flexibility index (Phi) is 7.13. The summed E-state index contributed by atoms with van der Waals surface area (Å²) in [4.78, 5) is 19.7. The molecule has 7 nitrogen and oxygen atoms in total. The molecule has 2 aromatic carbocycles. The van der Waals surface area contributed by atoms with Crippen LogP contribution in [0.25, 0.3) is 0 Å². The van der Waals surface area contributed by atoms with E-state index in [1.165, 1.54) is 0 Å².